The Labute approximate surface area is 127 Å². The highest BCUT2D eigenvalue weighted by Crippen LogP contribution is 2.37. The van der Waals surface area contributed by atoms with Crippen LogP contribution in [0.1, 0.15) is 82.4 Å². The van der Waals surface area contributed by atoms with Crippen molar-refractivity contribution in [1.82, 2.24) is 0 Å². The molecule has 0 bridgehead atoms. The number of rotatable bonds is 6. The molecule has 1 rings (SSSR count). The molecule has 0 aliphatic heterocycles. The monoisotopic (exact) mass is 302 g/mol. The van der Waals surface area contributed by atoms with E-state index in [1.807, 2.05) is 19.9 Å². The molecule has 0 spiro atoms. The second-order valence-corrected chi connectivity index (χ2v) is 5.15. The third-order valence-corrected chi connectivity index (χ3v) is 3.66. The lowest BCUT2D eigenvalue weighted by Crippen LogP contribution is -2.11. The van der Waals surface area contributed by atoms with E-state index in [-0.39, 0.29) is 5.92 Å². The normalized spacial score (nSPS) is 12.6. The Morgan fingerprint density at radius 2 is 1.62 bits per heavy atom. The number of hydrogen-bond acceptors (Lipinski definition) is 0. The lowest BCUT2D eigenvalue weighted by molar-refractivity contribution is -0.138. The quantitative estimate of drug-likeness (QED) is 0.525. The summed E-state index contributed by atoms with van der Waals surface area (Å²) in [7, 11) is 0. The van der Waals surface area contributed by atoms with Crippen LogP contribution in [-0.2, 0) is 6.18 Å². The van der Waals surface area contributed by atoms with E-state index in [0.29, 0.717) is 5.56 Å². The van der Waals surface area contributed by atoms with Crippen LogP contribution in [0.5, 0.6) is 0 Å². The van der Waals surface area contributed by atoms with Crippen molar-refractivity contribution in [3.05, 3.63) is 34.9 Å². The second kappa shape index (κ2) is 9.86. The fourth-order valence-electron chi connectivity index (χ4n) is 2.66. The minimum absolute atomic E-state index is 0.257. The molecule has 122 valence electrons. The van der Waals surface area contributed by atoms with Crippen LogP contribution in [0.3, 0.4) is 0 Å². The molecular weight excluding hydrogens is 273 g/mol. The summed E-state index contributed by atoms with van der Waals surface area (Å²) in [5, 5.41) is 0. The summed E-state index contributed by atoms with van der Waals surface area (Å²) in [4.78, 5) is 0. The van der Waals surface area contributed by atoms with E-state index in [4.69, 9.17) is 0 Å². The summed E-state index contributed by atoms with van der Waals surface area (Å²) in [5.41, 5.74) is 0.803. The van der Waals surface area contributed by atoms with Gasteiger partial charge < -0.3 is 0 Å². The van der Waals surface area contributed by atoms with Gasteiger partial charge in [0.05, 0.1) is 5.56 Å². The summed E-state index contributed by atoms with van der Waals surface area (Å²) < 4.78 is 38.8. The summed E-state index contributed by atoms with van der Waals surface area (Å²) in [6.07, 6.45) is 0.846. The molecule has 0 aliphatic carbocycles. The molecule has 0 saturated carbocycles. The fraction of sp³-hybridized carbons (Fsp3) is 0.667. The molecule has 0 aliphatic rings. The Kier molecular flexibility index (Phi) is 9.39. The van der Waals surface area contributed by atoms with Gasteiger partial charge in [0.25, 0.3) is 0 Å². The van der Waals surface area contributed by atoms with Gasteiger partial charge in [-0.2, -0.15) is 13.2 Å². The lowest BCUT2D eigenvalue weighted by Gasteiger charge is -2.21. The minimum Gasteiger partial charge on any atom is -0.166 e. The highest BCUT2D eigenvalue weighted by Gasteiger charge is 2.33. The fourth-order valence-corrected chi connectivity index (χ4v) is 2.66. The van der Waals surface area contributed by atoms with Gasteiger partial charge in [0.1, 0.15) is 0 Å². The SMILES string of the molecule is CC.CCCCC(CCC)c1cccc(C(F)(F)F)c1C. The first kappa shape index (κ1) is 20.0. The summed E-state index contributed by atoms with van der Waals surface area (Å²) in [5.74, 6) is 0.257. The molecule has 1 aromatic rings. The predicted molar refractivity (Wildman–Crippen MR) is 84.7 cm³/mol. The molecule has 21 heavy (non-hydrogen) atoms. The van der Waals surface area contributed by atoms with Gasteiger partial charge in [-0.1, -0.05) is 59.1 Å². The van der Waals surface area contributed by atoms with Crippen molar-refractivity contribution in [3.8, 4) is 0 Å². The van der Waals surface area contributed by atoms with Crippen LogP contribution in [-0.4, -0.2) is 0 Å². The van der Waals surface area contributed by atoms with Gasteiger partial charge in [-0.3, -0.25) is 0 Å². The van der Waals surface area contributed by atoms with Gasteiger partial charge in [0.2, 0.25) is 0 Å². The van der Waals surface area contributed by atoms with Gasteiger partial charge in [-0.15, -0.1) is 0 Å². The van der Waals surface area contributed by atoms with Crippen LogP contribution in [0.2, 0.25) is 0 Å². The Hall–Kier alpha value is -0.990. The molecule has 0 saturated heterocycles. The van der Waals surface area contributed by atoms with E-state index < -0.39 is 11.7 Å². The first-order chi connectivity index (χ1) is 9.91. The Bertz CT molecular complexity index is 394. The molecule has 1 unspecified atom stereocenters. The molecule has 0 N–H and O–H groups in total. The standard InChI is InChI=1S/C16H23F3.C2H6/c1-4-6-9-13(8-5-2)14-10-7-11-15(12(14)3)16(17,18)19;1-2/h7,10-11,13H,4-6,8-9H2,1-3H3;1-2H3. The first-order valence-corrected chi connectivity index (χ1v) is 8.08. The zero-order chi connectivity index (χ0) is 16.5. The molecule has 1 aromatic carbocycles. The summed E-state index contributed by atoms with van der Waals surface area (Å²) in [6, 6.07) is 4.59. The maximum Gasteiger partial charge on any atom is 0.416 e. The average molecular weight is 302 g/mol. The van der Waals surface area contributed by atoms with Crippen LogP contribution >= 0.6 is 0 Å². The smallest absolute Gasteiger partial charge is 0.166 e. The van der Waals surface area contributed by atoms with Crippen molar-refractivity contribution in [2.45, 2.75) is 78.8 Å². The molecular formula is C18H29F3. The number of halogens is 3. The van der Waals surface area contributed by atoms with Crippen LogP contribution in [0, 0.1) is 6.92 Å². The molecule has 0 nitrogen and oxygen atoms in total. The third-order valence-electron chi connectivity index (χ3n) is 3.66. The predicted octanol–water partition coefficient (Wildman–Crippen LogP) is 7.11. The molecule has 0 fully saturated rings. The number of unbranched alkanes of at least 4 members (excludes halogenated alkanes) is 1. The molecule has 3 heteroatoms. The van der Waals surface area contributed by atoms with Crippen molar-refractivity contribution in [3.63, 3.8) is 0 Å². The van der Waals surface area contributed by atoms with Gasteiger partial charge in [-0.25, -0.2) is 0 Å². The number of alkyl halides is 3. The Morgan fingerprint density at radius 1 is 1.00 bits per heavy atom. The van der Waals surface area contributed by atoms with Crippen molar-refractivity contribution in [1.29, 1.82) is 0 Å². The van der Waals surface area contributed by atoms with Crippen LogP contribution < -0.4 is 0 Å². The Morgan fingerprint density at radius 3 is 2.10 bits per heavy atom. The largest absolute Gasteiger partial charge is 0.416 e. The van der Waals surface area contributed by atoms with E-state index in [1.165, 1.54) is 6.07 Å². The highest BCUT2D eigenvalue weighted by atomic mass is 19.4. The zero-order valence-electron chi connectivity index (χ0n) is 14.0. The van der Waals surface area contributed by atoms with Crippen molar-refractivity contribution < 1.29 is 13.2 Å². The molecule has 0 amide bonds. The van der Waals surface area contributed by atoms with Gasteiger partial charge >= 0.3 is 6.18 Å². The summed E-state index contributed by atoms with van der Waals surface area (Å²) >= 11 is 0. The maximum absolute atomic E-state index is 12.9. The van der Waals surface area contributed by atoms with E-state index >= 15 is 0 Å². The number of hydrogen-bond donors (Lipinski definition) is 0. The number of benzene rings is 1. The van der Waals surface area contributed by atoms with Gasteiger partial charge in [0, 0.05) is 0 Å². The first-order valence-electron chi connectivity index (χ1n) is 8.08. The maximum atomic E-state index is 12.9. The average Bonchev–Trinajstić information content (AvgIpc) is 2.45. The van der Waals surface area contributed by atoms with Crippen LogP contribution in [0.15, 0.2) is 18.2 Å². The lowest BCUT2D eigenvalue weighted by atomic mass is 9.85. The van der Waals surface area contributed by atoms with Crippen molar-refractivity contribution >= 4 is 0 Å². The topological polar surface area (TPSA) is 0 Å². The van der Waals surface area contributed by atoms with E-state index in [1.54, 1.807) is 13.0 Å². The molecule has 1 atom stereocenters. The van der Waals surface area contributed by atoms with Crippen molar-refractivity contribution in [2.75, 3.05) is 0 Å². The molecule has 0 aromatic heterocycles. The highest BCUT2D eigenvalue weighted by molar-refractivity contribution is 5.38. The summed E-state index contributed by atoms with van der Waals surface area (Å²) in [6.45, 7) is 9.80. The Balaban J connectivity index is 0.00000191. The molecule has 0 radical (unpaired) electrons. The van der Waals surface area contributed by atoms with E-state index in [0.717, 1.165) is 37.7 Å². The second-order valence-electron chi connectivity index (χ2n) is 5.15. The van der Waals surface area contributed by atoms with Gasteiger partial charge in [0.15, 0.2) is 0 Å². The zero-order valence-corrected chi connectivity index (χ0v) is 14.0. The van der Waals surface area contributed by atoms with E-state index in [9.17, 15) is 13.2 Å². The molecule has 0 heterocycles. The van der Waals surface area contributed by atoms with Crippen LogP contribution in [0.4, 0.5) is 13.2 Å². The van der Waals surface area contributed by atoms with Gasteiger partial charge in [-0.05, 0) is 42.9 Å². The third kappa shape index (κ3) is 6.11. The van der Waals surface area contributed by atoms with Crippen LogP contribution in [0.25, 0.3) is 0 Å². The minimum atomic E-state index is -4.25. The van der Waals surface area contributed by atoms with E-state index in [2.05, 4.69) is 13.8 Å². The van der Waals surface area contributed by atoms with Crippen molar-refractivity contribution in [2.24, 2.45) is 0 Å².